The van der Waals surface area contributed by atoms with Gasteiger partial charge < -0.3 is 10.0 Å². The Morgan fingerprint density at radius 3 is 2.25 bits per heavy atom. The summed E-state index contributed by atoms with van der Waals surface area (Å²) in [4.78, 5) is 23.1. The molecule has 1 rings (SSSR count). The lowest BCUT2D eigenvalue weighted by Crippen LogP contribution is -2.47. The van der Waals surface area contributed by atoms with Crippen LogP contribution >= 0.6 is 0 Å². The summed E-state index contributed by atoms with van der Waals surface area (Å²) in [7, 11) is 1.33. The van der Waals surface area contributed by atoms with E-state index in [4.69, 9.17) is 5.11 Å². The van der Waals surface area contributed by atoms with Crippen LogP contribution < -0.4 is 4.90 Å². The largest absolute Gasteiger partial charge is 0.478 e. The van der Waals surface area contributed by atoms with Gasteiger partial charge in [0.2, 0.25) is 0 Å². The first-order valence-corrected chi connectivity index (χ1v) is 4.63. The molecule has 0 heterocycles. The number of anilines is 1. The van der Waals surface area contributed by atoms with Crippen molar-refractivity contribution in [2.45, 2.75) is 12.6 Å². The molecule has 0 saturated heterocycles. The number of para-hydroxylation sites is 1. The molecular formula is C11H12FNO3. The second-order valence-corrected chi connectivity index (χ2v) is 3.51. The van der Waals surface area contributed by atoms with Crippen molar-refractivity contribution in [3.8, 4) is 0 Å². The first-order valence-electron chi connectivity index (χ1n) is 4.63. The lowest BCUT2D eigenvalue weighted by atomic mass is 10.1. The monoisotopic (exact) mass is 225 g/mol. The number of amides is 1. The molecule has 86 valence electrons. The number of carboxylic acids is 1. The number of aliphatic carboxylic acids is 1. The smallest absolute Gasteiger partial charge is 0.351 e. The summed E-state index contributed by atoms with van der Waals surface area (Å²) >= 11 is 0. The van der Waals surface area contributed by atoms with Crippen LogP contribution in [0.15, 0.2) is 30.3 Å². The van der Waals surface area contributed by atoms with Crippen molar-refractivity contribution >= 4 is 17.6 Å². The van der Waals surface area contributed by atoms with E-state index in [1.807, 2.05) is 0 Å². The van der Waals surface area contributed by atoms with Crippen molar-refractivity contribution in [3.63, 3.8) is 0 Å². The van der Waals surface area contributed by atoms with Gasteiger partial charge in [0.1, 0.15) is 0 Å². The molecule has 0 aliphatic carbocycles. The van der Waals surface area contributed by atoms with Gasteiger partial charge in [0.15, 0.2) is 0 Å². The number of benzene rings is 1. The van der Waals surface area contributed by atoms with Gasteiger partial charge in [-0.1, -0.05) is 18.2 Å². The minimum atomic E-state index is -2.91. The fourth-order valence-corrected chi connectivity index (χ4v) is 1.18. The Bertz CT molecular complexity index is 403. The summed E-state index contributed by atoms with van der Waals surface area (Å²) in [6.07, 6.45) is 0. The lowest BCUT2D eigenvalue weighted by molar-refractivity contribution is -0.155. The van der Waals surface area contributed by atoms with Crippen LogP contribution in [0.3, 0.4) is 0 Å². The zero-order valence-electron chi connectivity index (χ0n) is 8.98. The number of carbonyl (C=O) groups excluding carboxylic acids is 1. The van der Waals surface area contributed by atoms with Crippen molar-refractivity contribution < 1.29 is 19.1 Å². The second kappa shape index (κ2) is 4.30. The van der Waals surface area contributed by atoms with Gasteiger partial charge in [0.05, 0.1) is 0 Å². The van der Waals surface area contributed by atoms with Crippen molar-refractivity contribution in [2.24, 2.45) is 0 Å². The van der Waals surface area contributed by atoms with Crippen LogP contribution in [-0.4, -0.2) is 29.7 Å². The second-order valence-electron chi connectivity index (χ2n) is 3.51. The van der Waals surface area contributed by atoms with Crippen LogP contribution in [0.4, 0.5) is 10.1 Å². The van der Waals surface area contributed by atoms with E-state index in [-0.39, 0.29) is 0 Å². The number of carboxylic acid groups (broad SMARTS) is 1. The van der Waals surface area contributed by atoms with Crippen molar-refractivity contribution in [1.82, 2.24) is 0 Å². The Morgan fingerprint density at radius 2 is 1.81 bits per heavy atom. The molecule has 0 aliphatic heterocycles. The first kappa shape index (κ1) is 12.2. The van der Waals surface area contributed by atoms with Crippen LogP contribution in [0.5, 0.6) is 0 Å². The number of nitrogens with zero attached hydrogens (tertiary/aromatic N) is 1. The third-order valence-corrected chi connectivity index (χ3v) is 2.25. The topological polar surface area (TPSA) is 57.6 Å². The molecule has 0 saturated carbocycles. The Balaban J connectivity index is 2.96. The number of hydrogen-bond donors (Lipinski definition) is 1. The maximum atomic E-state index is 13.6. The molecule has 1 unspecified atom stereocenters. The molecule has 1 aromatic rings. The summed E-state index contributed by atoms with van der Waals surface area (Å²) in [5, 5.41) is 8.58. The molecule has 0 fully saturated rings. The highest BCUT2D eigenvalue weighted by Crippen LogP contribution is 2.19. The summed E-state index contributed by atoms with van der Waals surface area (Å²) < 4.78 is 13.6. The Morgan fingerprint density at radius 1 is 1.31 bits per heavy atom. The van der Waals surface area contributed by atoms with Gasteiger partial charge in [-0.25, -0.2) is 9.18 Å². The first-order chi connectivity index (χ1) is 7.37. The van der Waals surface area contributed by atoms with Crippen molar-refractivity contribution in [1.29, 1.82) is 0 Å². The minimum Gasteiger partial charge on any atom is -0.478 e. The van der Waals surface area contributed by atoms with Gasteiger partial charge in [-0.2, -0.15) is 0 Å². The van der Waals surface area contributed by atoms with E-state index in [2.05, 4.69) is 0 Å². The minimum absolute atomic E-state index is 0.442. The van der Waals surface area contributed by atoms with Crippen LogP contribution in [0.1, 0.15) is 6.92 Å². The molecular weight excluding hydrogens is 213 g/mol. The van der Waals surface area contributed by atoms with E-state index in [1.54, 1.807) is 30.3 Å². The molecule has 5 heteroatoms. The molecule has 0 bridgehead atoms. The van der Waals surface area contributed by atoms with Crippen LogP contribution in [0.2, 0.25) is 0 Å². The third-order valence-electron chi connectivity index (χ3n) is 2.25. The van der Waals surface area contributed by atoms with Crippen molar-refractivity contribution in [2.75, 3.05) is 11.9 Å². The van der Waals surface area contributed by atoms with E-state index in [0.717, 1.165) is 11.8 Å². The highest BCUT2D eigenvalue weighted by molar-refractivity contribution is 6.11. The van der Waals surface area contributed by atoms with Gasteiger partial charge in [0.25, 0.3) is 11.6 Å². The standard InChI is InChI=1S/C11H12FNO3/c1-11(12,10(15)16)9(14)13(2)8-6-4-3-5-7-8/h3-7H,1-2H3,(H,15,16). The molecule has 1 amide bonds. The fraction of sp³-hybridized carbons (Fsp3) is 0.273. The van der Waals surface area contributed by atoms with E-state index in [9.17, 15) is 14.0 Å². The highest BCUT2D eigenvalue weighted by Gasteiger charge is 2.43. The van der Waals surface area contributed by atoms with E-state index in [1.165, 1.54) is 7.05 Å². The van der Waals surface area contributed by atoms with E-state index >= 15 is 0 Å². The number of halogens is 1. The summed E-state index contributed by atoms with van der Waals surface area (Å²) in [5.74, 6) is -2.90. The predicted octanol–water partition coefficient (Wildman–Crippen LogP) is 1.46. The Hall–Kier alpha value is -1.91. The molecule has 1 aromatic carbocycles. The van der Waals surface area contributed by atoms with Crippen LogP contribution in [0, 0.1) is 0 Å². The van der Waals surface area contributed by atoms with E-state index < -0.39 is 17.5 Å². The summed E-state index contributed by atoms with van der Waals surface area (Å²) in [6.45, 7) is 0.733. The number of rotatable bonds is 3. The molecule has 0 radical (unpaired) electrons. The fourth-order valence-electron chi connectivity index (χ4n) is 1.18. The van der Waals surface area contributed by atoms with Crippen LogP contribution in [0.25, 0.3) is 0 Å². The SMILES string of the molecule is CN(C(=O)C(C)(F)C(=O)O)c1ccccc1. The van der Waals surface area contributed by atoms with Crippen LogP contribution in [-0.2, 0) is 9.59 Å². The molecule has 0 spiro atoms. The zero-order valence-corrected chi connectivity index (χ0v) is 8.98. The Labute approximate surface area is 92.3 Å². The van der Waals surface area contributed by atoms with Gasteiger partial charge in [-0.15, -0.1) is 0 Å². The quantitative estimate of drug-likeness (QED) is 0.792. The van der Waals surface area contributed by atoms with Gasteiger partial charge >= 0.3 is 5.97 Å². The summed E-state index contributed by atoms with van der Waals surface area (Å²) in [5.41, 5.74) is -2.47. The normalized spacial score (nSPS) is 13.9. The van der Waals surface area contributed by atoms with Gasteiger partial charge in [-0.3, -0.25) is 4.79 Å². The third kappa shape index (κ3) is 2.18. The zero-order chi connectivity index (χ0) is 12.3. The maximum absolute atomic E-state index is 13.6. The van der Waals surface area contributed by atoms with Gasteiger partial charge in [0, 0.05) is 12.7 Å². The maximum Gasteiger partial charge on any atom is 0.351 e. The molecule has 4 nitrogen and oxygen atoms in total. The average molecular weight is 225 g/mol. The van der Waals surface area contributed by atoms with Gasteiger partial charge in [-0.05, 0) is 19.1 Å². The lowest BCUT2D eigenvalue weighted by Gasteiger charge is -2.23. The average Bonchev–Trinajstić information content (AvgIpc) is 2.28. The number of carbonyl (C=O) groups is 2. The summed E-state index contributed by atoms with van der Waals surface area (Å²) in [6, 6.07) is 8.28. The number of hydrogen-bond acceptors (Lipinski definition) is 2. The molecule has 0 aromatic heterocycles. The number of alkyl halides is 1. The van der Waals surface area contributed by atoms with E-state index in [0.29, 0.717) is 5.69 Å². The predicted molar refractivity (Wildman–Crippen MR) is 57.0 cm³/mol. The molecule has 0 aliphatic rings. The molecule has 1 atom stereocenters. The molecule has 16 heavy (non-hydrogen) atoms. The molecule has 1 N–H and O–H groups in total. The Kier molecular flexibility index (Phi) is 3.27. The highest BCUT2D eigenvalue weighted by atomic mass is 19.1. The van der Waals surface area contributed by atoms with Crippen molar-refractivity contribution in [3.05, 3.63) is 30.3 Å².